The third-order valence-electron chi connectivity index (χ3n) is 4.94. The van der Waals surface area contributed by atoms with Crippen LogP contribution in [0.15, 0.2) is 65.7 Å². The zero-order chi connectivity index (χ0) is 22.7. The van der Waals surface area contributed by atoms with E-state index in [1.165, 1.54) is 0 Å². The van der Waals surface area contributed by atoms with E-state index < -0.39 is 11.0 Å². The van der Waals surface area contributed by atoms with Gasteiger partial charge in [0.2, 0.25) is 11.7 Å². The highest BCUT2D eigenvalue weighted by Gasteiger charge is 2.31. The van der Waals surface area contributed by atoms with Crippen LogP contribution in [0.5, 0.6) is 5.88 Å². The van der Waals surface area contributed by atoms with Crippen LogP contribution < -0.4 is 9.04 Å². The third-order valence-corrected chi connectivity index (χ3v) is 6.57. The standard InChI is InChI=1S/C25H19ClN2O3S/c1-28-22-11-8-17(4-3-5-18-12-13-27-24(16-18)31-2)14-21(22)25(29)23(32(28)30)15-19-6-9-20(26)10-7-19/h6-16H,5H2,1-2H3/b23-15+. The van der Waals surface area contributed by atoms with Crippen molar-refractivity contribution in [1.29, 1.82) is 0 Å². The number of aromatic nitrogens is 1. The number of carbonyl (C=O) groups excluding carboxylic acids is 1. The number of allylic oxidation sites excluding steroid dienone is 1. The summed E-state index contributed by atoms with van der Waals surface area (Å²) in [5.41, 5.74) is 3.55. The van der Waals surface area contributed by atoms with Gasteiger partial charge in [-0.05, 0) is 53.6 Å². The third kappa shape index (κ3) is 4.59. The number of pyridine rings is 1. The number of fused-ring (bicyclic) bond motifs is 1. The summed E-state index contributed by atoms with van der Waals surface area (Å²) in [4.78, 5) is 17.5. The monoisotopic (exact) mass is 462 g/mol. The highest BCUT2D eigenvalue weighted by atomic mass is 35.5. The maximum Gasteiger partial charge on any atom is 0.213 e. The number of ketones is 1. The number of carbonyl (C=O) groups is 1. The molecular weight excluding hydrogens is 444 g/mol. The van der Waals surface area contributed by atoms with Crippen LogP contribution in [0.25, 0.3) is 6.08 Å². The van der Waals surface area contributed by atoms with Crippen LogP contribution in [0.4, 0.5) is 5.69 Å². The number of methoxy groups -OCH3 is 1. The fraction of sp³-hybridized carbons (Fsp3) is 0.120. The fourth-order valence-corrected chi connectivity index (χ4v) is 4.53. The van der Waals surface area contributed by atoms with Crippen LogP contribution in [0.2, 0.25) is 5.02 Å². The first-order chi connectivity index (χ1) is 15.5. The Morgan fingerprint density at radius 1 is 1.16 bits per heavy atom. The van der Waals surface area contributed by atoms with Gasteiger partial charge in [-0.15, -0.1) is 0 Å². The van der Waals surface area contributed by atoms with Crippen molar-refractivity contribution in [3.05, 3.63) is 93.0 Å². The molecule has 4 rings (SSSR count). The van der Waals surface area contributed by atoms with Gasteiger partial charge in [0, 0.05) is 41.9 Å². The van der Waals surface area contributed by atoms with Crippen molar-refractivity contribution in [2.75, 3.05) is 18.5 Å². The van der Waals surface area contributed by atoms with E-state index >= 15 is 0 Å². The first-order valence-corrected chi connectivity index (χ1v) is 11.2. The number of rotatable bonds is 3. The summed E-state index contributed by atoms with van der Waals surface area (Å²) >= 11 is 5.94. The van der Waals surface area contributed by atoms with E-state index in [1.54, 1.807) is 67.1 Å². The van der Waals surface area contributed by atoms with E-state index in [4.69, 9.17) is 16.3 Å². The molecule has 0 N–H and O–H groups in total. The molecule has 1 aliphatic rings. The molecule has 0 fully saturated rings. The van der Waals surface area contributed by atoms with E-state index in [-0.39, 0.29) is 10.7 Å². The van der Waals surface area contributed by atoms with Gasteiger partial charge in [-0.2, -0.15) is 0 Å². The Labute approximate surface area is 194 Å². The molecule has 7 heteroatoms. The maximum absolute atomic E-state index is 13.2. The van der Waals surface area contributed by atoms with Crippen LogP contribution in [0.1, 0.15) is 27.0 Å². The Kier molecular flexibility index (Phi) is 6.40. The molecule has 32 heavy (non-hydrogen) atoms. The van der Waals surface area contributed by atoms with Crippen LogP contribution in [-0.2, 0) is 17.4 Å². The van der Waals surface area contributed by atoms with E-state index in [9.17, 15) is 9.00 Å². The molecule has 0 saturated heterocycles. The van der Waals surface area contributed by atoms with Crippen molar-refractivity contribution in [3.63, 3.8) is 0 Å². The Hall–Kier alpha value is -3.40. The average Bonchev–Trinajstić information content (AvgIpc) is 2.81. The summed E-state index contributed by atoms with van der Waals surface area (Å²) in [5.74, 6) is 6.50. The molecule has 1 aromatic heterocycles. The van der Waals surface area contributed by atoms with Gasteiger partial charge in [-0.3, -0.25) is 9.10 Å². The summed E-state index contributed by atoms with van der Waals surface area (Å²) < 4.78 is 19.6. The van der Waals surface area contributed by atoms with Crippen molar-refractivity contribution < 1.29 is 13.7 Å². The predicted octanol–water partition coefficient (Wildman–Crippen LogP) is 4.68. The molecular formula is C25H19ClN2O3S. The van der Waals surface area contributed by atoms with Gasteiger partial charge in [0.05, 0.1) is 12.8 Å². The van der Waals surface area contributed by atoms with Gasteiger partial charge in [-0.1, -0.05) is 35.6 Å². The smallest absolute Gasteiger partial charge is 0.213 e. The highest BCUT2D eigenvalue weighted by molar-refractivity contribution is 7.91. The second-order valence-electron chi connectivity index (χ2n) is 7.05. The summed E-state index contributed by atoms with van der Waals surface area (Å²) in [6.45, 7) is 0. The fourth-order valence-electron chi connectivity index (χ4n) is 3.27. The summed E-state index contributed by atoms with van der Waals surface area (Å²) in [5, 5.41) is 0.596. The molecule has 5 nitrogen and oxygen atoms in total. The minimum atomic E-state index is -1.60. The average molecular weight is 463 g/mol. The molecule has 0 spiro atoms. The zero-order valence-electron chi connectivity index (χ0n) is 17.5. The molecule has 0 bridgehead atoms. The lowest BCUT2D eigenvalue weighted by Gasteiger charge is -2.27. The van der Waals surface area contributed by atoms with Gasteiger partial charge in [0.15, 0.2) is 11.0 Å². The minimum absolute atomic E-state index is 0.219. The molecule has 0 aliphatic carbocycles. The van der Waals surface area contributed by atoms with Crippen molar-refractivity contribution in [3.8, 4) is 17.7 Å². The second-order valence-corrected chi connectivity index (χ2v) is 8.98. The van der Waals surface area contributed by atoms with Crippen molar-refractivity contribution >= 4 is 40.1 Å². The topological polar surface area (TPSA) is 59.5 Å². The van der Waals surface area contributed by atoms with Crippen LogP contribution >= 0.6 is 11.6 Å². The first kappa shape index (κ1) is 21.8. The molecule has 0 amide bonds. The Balaban J connectivity index is 1.63. The molecule has 160 valence electrons. The quantitative estimate of drug-likeness (QED) is 0.419. The van der Waals surface area contributed by atoms with E-state index in [0.29, 0.717) is 34.1 Å². The number of ether oxygens (including phenoxy) is 1. The number of benzene rings is 2. The highest BCUT2D eigenvalue weighted by Crippen LogP contribution is 2.33. The number of hydrogen-bond donors (Lipinski definition) is 0. The molecule has 1 unspecified atom stereocenters. The number of nitrogens with zero attached hydrogens (tertiary/aromatic N) is 2. The molecule has 0 radical (unpaired) electrons. The lowest BCUT2D eigenvalue weighted by molar-refractivity contribution is 0.104. The lowest BCUT2D eigenvalue weighted by Crippen LogP contribution is -2.31. The number of anilines is 1. The molecule has 2 heterocycles. The molecule has 3 aromatic rings. The maximum atomic E-state index is 13.2. The van der Waals surface area contributed by atoms with Crippen LogP contribution in [0.3, 0.4) is 0 Å². The first-order valence-electron chi connectivity index (χ1n) is 9.75. The SMILES string of the molecule is COc1cc(CC#Cc2ccc3c(c2)C(=O)/C(=C\c2ccc(Cl)cc2)S(=O)N3C)ccn1. The van der Waals surface area contributed by atoms with Gasteiger partial charge in [0.25, 0.3) is 0 Å². The molecule has 2 aromatic carbocycles. The van der Waals surface area contributed by atoms with Crippen molar-refractivity contribution in [2.45, 2.75) is 6.42 Å². The minimum Gasteiger partial charge on any atom is -0.481 e. The van der Waals surface area contributed by atoms with Gasteiger partial charge in [0.1, 0.15) is 4.91 Å². The van der Waals surface area contributed by atoms with Gasteiger partial charge >= 0.3 is 0 Å². The molecule has 1 atom stereocenters. The van der Waals surface area contributed by atoms with Gasteiger partial charge < -0.3 is 4.74 Å². The Morgan fingerprint density at radius 3 is 2.69 bits per heavy atom. The van der Waals surface area contributed by atoms with Gasteiger partial charge in [-0.25, -0.2) is 9.19 Å². The largest absolute Gasteiger partial charge is 0.481 e. The predicted molar refractivity (Wildman–Crippen MR) is 128 cm³/mol. The van der Waals surface area contributed by atoms with E-state index in [0.717, 1.165) is 11.1 Å². The van der Waals surface area contributed by atoms with Crippen molar-refractivity contribution in [2.24, 2.45) is 0 Å². The molecule has 1 aliphatic heterocycles. The normalized spacial score (nSPS) is 16.3. The lowest BCUT2D eigenvalue weighted by atomic mass is 10.0. The molecule has 0 saturated carbocycles. The van der Waals surface area contributed by atoms with Crippen LogP contribution in [0, 0.1) is 11.8 Å². The van der Waals surface area contributed by atoms with E-state index in [2.05, 4.69) is 16.8 Å². The number of Topliss-reactive ketones (excluding diaryl/α,β-unsaturated/α-hetero) is 1. The van der Waals surface area contributed by atoms with Crippen LogP contribution in [-0.4, -0.2) is 29.1 Å². The zero-order valence-corrected chi connectivity index (χ0v) is 19.0. The summed E-state index contributed by atoms with van der Waals surface area (Å²) in [6, 6.07) is 16.1. The summed E-state index contributed by atoms with van der Waals surface area (Å²) in [6.07, 6.45) is 3.84. The van der Waals surface area contributed by atoms with E-state index in [1.807, 2.05) is 18.2 Å². The summed E-state index contributed by atoms with van der Waals surface area (Å²) in [7, 11) is 1.68. The number of halogens is 1. The number of hydrogen-bond acceptors (Lipinski definition) is 4. The Morgan fingerprint density at radius 2 is 1.94 bits per heavy atom. The second kappa shape index (κ2) is 9.39. The Bertz CT molecular complexity index is 1310. The van der Waals surface area contributed by atoms with Crippen molar-refractivity contribution in [1.82, 2.24) is 4.98 Å².